The van der Waals surface area contributed by atoms with Crippen LogP contribution in [-0.4, -0.2) is 15.3 Å². The van der Waals surface area contributed by atoms with Crippen LogP contribution in [0.15, 0.2) is 47.3 Å². The fourth-order valence-corrected chi connectivity index (χ4v) is 2.03. The number of para-hydroxylation sites is 1. The van der Waals surface area contributed by atoms with Crippen LogP contribution in [0.25, 0.3) is 5.69 Å². The number of anilines is 1. The maximum Gasteiger partial charge on any atom is 0.295 e. The van der Waals surface area contributed by atoms with Gasteiger partial charge in [0.25, 0.3) is 5.56 Å². The Hall–Kier alpha value is -2.56. The number of allylic oxidation sites excluding steroid dienone is 1. The first-order valence-corrected chi connectivity index (χ1v) is 6.34. The molecule has 5 nitrogen and oxygen atoms in total. The van der Waals surface area contributed by atoms with Gasteiger partial charge in [0.15, 0.2) is 0 Å². The SMILES string of the molecule is CC=CC(=O)Nc1c(C)n(C)n(-c2ccccc2)c1=O. The van der Waals surface area contributed by atoms with E-state index in [1.807, 2.05) is 30.3 Å². The normalized spacial score (nSPS) is 10.9. The highest BCUT2D eigenvalue weighted by molar-refractivity contribution is 5.99. The van der Waals surface area contributed by atoms with E-state index in [-0.39, 0.29) is 11.5 Å². The van der Waals surface area contributed by atoms with Crippen LogP contribution in [0.5, 0.6) is 0 Å². The van der Waals surface area contributed by atoms with Crippen LogP contribution in [0.4, 0.5) is 5.69 Å². The molecule has 0 saturated heterocycles. The van der Waals surface area contributed by atoms with Crippen molar-refractivity contribution in [2.45, 2.75) is 13.8 Å². The number of carbonyl (C=O) groups excluding carboxylic acids is 1. The van der Waals surface area contributed by atoms with Crippen LogP contribution in [0.2, 0.25) is 0 Å². The molecule has 20 heavy (non-hydrogen) atoms. The van der Waals surface area contributed by atoms with Crippen molar-refractivity contribution in [3.63, 3.8) is 0 Å². The lowest BCUT2D eigenvalue weighted by Crippen LogP contribution is -2.22. The number of rotatable bonds is 3. The molecule has 0 aliphatic heterocycles. The molecule has 0 spiro atoms. The number of nitrogens with zero attached hydrogens (tertiary/aromatic N) is 2. The fraction of sp³-hybridized carbons (Fsp3) is 0.200. The molecule has 1 aromatic heterocycles. The Balaban J connectivity index is 2.53. The van der Waals surface area contributed by atoms with Gasteiger partial charge in [-0.05, 0) is 32.1 Å². The molecular weight excluding hydrogens is 254 g/mol. The minimum atomic E-state index is -0.307. The molecule has 1 amide bonds. The highest BCUT2D eigenvalue weighted by atomic mass is 16.2. The topological polar surface area (TPSA) is 56.0 Å². The van der Waals surface area contributed by atoms with Gasteiger partial charge in [-0.1, -0.05) is 24.3 Å². The summed E-state index contributed by atoms with van der Waals surface area (Å²) in [4.78, 5) is 24.1. The van der Waals surface area contributed by atoms with E-state index in [0.29, 0.717) is 11.4 Å². The van der Waals surface area contributed by atoms with Crippen molar-refractivity contribution < 1.29 is 4.79 Å². The molecule has 0 aliphatic carbocycles. The van der Waals surface area contributed by atoms with Crippen molar-refractivity contribution in [3.8, 4) is 5.69 Å². The molecule has 0 atom stereocenters. The second-order valence-corrected chi connectivity index (χ2v) is 4.43. The van der Waals surface area contributed by atoms with E-state index in [4.69, 9.17) is 0 Å². The number of carbonyl (C=O) groups is 1. The number of aromatic nitrogens is 2. The van der Waals surface area contributed by atoms with Gasteiger partial charge >= 0.3 is 0 Å². The summed E-state index contributed by atoms with van der Waals surface area (Å²) in [5, 5.41) is 2.63. The largest absolute Gasteiger partial charge is 0.316 e. The van der Waals surface area contributed by atoms with Crippen LogP contribution in [-0.2, 0) is 11.8 Å². The summed E-state index contributed by atoms with van der Waals surface area (Å²) in [7, 11) is 1.79. The van der Waals surface area contributed by atoms with Gasteiger partial charge in [-0.3, -0.25) is 14.3 Å². The second-order valence-electron chi connectivity index (χ2n) is 4.43. The average Bonchev–Trinajstić information content (AvgIpc) is 2.64. The Morgan fingerprint density at radius 3 is 2.50 bits per heavy atom. The summed E-state index contributed by atoms with van der Waals surface area (Å²) in [6, 6.07) is 9.31. The number of amides is 1. The number of benzene rings is 1. The molecule has 2 rings (SSSR count). The molecule has 1 N–H and O–H groups in total. The van der Waals surface area contributed by atoms with Gasteiger partial charge in [0.2, 0.25) is 5.91 Å². The summed E-state index contributed by atoms with van der Waals surface area (Å²) < 4.78 is 3.25. The molecule has 104 valence electrons. The van der Waals surface area contributed by atoms with Crippen LogP contribution < -0.4 is 10.9 Å². The average molecular weight is 271 g/mol. The van der Waals surface area contributed by atoms with Crippen LogP contribution in [0.3, 0.4) is 0 Å². The summed E-state index contributed by atoms with van der Waals surface area (Å²) in [5.74, 6) is -0.307. The van der Waals surface area contributed by atoms with Crippen LogP contribution in [0.1, 0.15) is 12.6 Å². The maximum atomic E-state index is 12.5. The number of nitrogens with one attached hydrogen (secondary N) is 1. The number of hydrogen-bond acceptors (Lipinski definition) is 2. The highest BCUT2D eigenvalue weighted by Gasteiger charge is 2.16. The third kappa shape index (κ3) is 2.42. The van der Waals surface area contributed by atoms with Gasteiger partial charge < -0.3 is 5.32 Å². The molecule has 5 heteroatoms. The molecular formula is C15H17N3O2. The summed E-state index contributed by atoms with van der Waals surface area (Å²) >= 11 is 0. The molecule has 0 aliphatic rings. The second kappa shape index (κ2) is 5.61. The molecule has 0 unspecified atom stereocenters. The van der Waals surface area contributed by atoms with E-state index in [9.17, 15) is 9.59 Å². The Labute approximate surface area is 117 Å². The number of hydrogen-bond donors (Lipinski definition) is 1. The van der Waals surface area contributed by atoms with E-state index in [1.165, 1.54) is 10.8 Å². The first-order valence-electron chi connectivity index (χ1n) is 6.34. The van der Waals surface area contributed by atoms with E-state index in [0.717, 1.165) is 5.69 Å². The van der Waals surface area contributed by atoms with Crippen molar-refractivity contribution >= 4 is 11.6 Å². The van der Waals surface area contributed by atoms with E-state index >= 15 is 0 Å². The van der Waals surface area contributed by atoms with E-state index in [1.54, 1.807) is 31.7 Å². The predicted octanol–water partition coefficient (Wildman–Crippen LogP) is 2.00. The highest BCUT2D eigenvalue weighted by Crippen LogP contribution is 2.13. The third-order valence-electron chi connectivity index (χ3n) is 3.12. The Kier molecular flexibility index (Phi) is 3.89. The van der Waals surface area contributed by atoms with Gasteiger partial charge in [0, 0.05) is 7.05 Å². The van der Waals surface area contributed by atoms with Gasteiger partial charge in [-0.2, -0.15) is 0 Å². The smallest absolute Gasteiger partial charge is 0.295 e. The lowest BCUT2D eigenvalue weighted by atomic mass is 10.3. The molecule has 0 fully saturated rings. The van der Waals surface area contributed by atoms with Gasteiger partial charge in [-0.25, -0.2) is 4.68 Å². The minimum absolute atomic E-state index is 0.242. The summed E-state index contributed by atoms with van der Waals surface area (Å²) in [5.41, 5.74) is 1.53. The van der Waals surface area contributed by atoms with Crippen LogP contribution >= 0.6 is 0 Å². The zero-order chi connectivity index (χ0) is 14.7. The zero-order valence-corrected chi connectivity index (χ0v) is 11.8. The van der Waals surface area contributed by atoms with E-state index in [2.05, 4.69) is 5.32 Å². The molecule has 1 aromatic carbocycles. The molecule has 0 saturated carbocycles. The molecule has 0 bridgehead atoms. The maximum absolute atomic E-state index is 12.5. The van der Waals surface area contributed by atoms with Crippen LogP contribution in [0, 0.1) is 6.92 Å². The zero-order valence-electron chi connectivity index (χ0n) is 11.8. The Morgan fingerprint density at radius 1 is 1.25 bits per heavy atom. The van der Waals surface area contributed by atoms with Gasteiger partial charge in [0.1, 0.15) is 5.69 Å². The lowest BCUT2D eigenvalue weighted by molar-refractivity contribution is -0.111. The quantitative estimate of drug-likeness (QED) is 0.868. The molecule has 2 aromatic rings. The van der Waals surface area contributed by atoms with Crippen molar-refractivity contribution in [1.82, 2.24) is 9.36 Å². The molecule has 0 radical (unpaired) electrons. The lowest BCUT2D eigenvalue weighted by Gasteiger charge is -2.07. The summed E-state index contributed by atoms with van der Waals surface area (Å²) in [6.45, 7) is 3.55. The monoisotopic (exact) mass is 271 g/mol. The Morgan fingerprint density at radius 2 is 1.90 bits per heavy atom. The van der Waals surface area contributed by atoms with E-state index < -0.39 is 0 Å². The van der Waals surface area contributed by atoms with Crippen molar-refractivity contribution in [2.24, 2.45) is 7.05 Å². The van der Waals surface area contributed by atoms with Gasteiger partial charge in [0.05, 0.1) is 11.4 Å². The van der Waals surface area contributed by atoms with Crippen molar-refractivity contribution in [3.05, 3.63) is 58.5 Å². The van der Waals surface area contributed by atoms with Crippen molar-refractivity contribution in [1.29, 1.82) is 0 Å². The van der Waals surface area contributed by atoms with Gasteiger partial charge in [-0.15, -0.1) is 0 Å². The standard InChI is InChI=1S/C15H17N3O2/c1-4-8-13(19)16-14-11(2)17(3)18(15(14)20)12-9-6-5-7-10-12/h4-10H,1-3H3,(H,16,19). The fourth-order valence-electron chi connectivity index (χ4n) is 2.03. The predicted molar refractivity (Wildman–Crippen MR) is 79.2 cm³/mol. The first-order chi connectivity index (χ1) is 9.56. The van der Waals surface area contributed by atoms with Crippen molar-refractivity contribution in [2.75, 3.05) is 5.32 Å². The minimum Gasteiger partial charge on any atom is -0.316 e. The third-order valence-corrected chi connectivity index (χ3v) is 3.12. The Bertz CT molecular complexity index is 709. The molecule has 1 heterocycles. The summed E-state index contributed by atoms with van der Waals surface area (Å²) in [6.07, 6.45) is 3.02. The first kappa shape index (κ1) is 13.9.